The van der Waals surface area contributed by atoms with Crippen molar-refractivity contribution in [2.45, 2.75) is 0 Å². The molecule has 0 amide bonds. The van der Waals surface area contributed by atoms with E-state index in [1.165, 1.54) is 0 Å². The molecule has 7 nitrogen and oxygen atoms in total. The molecule has 1 aromatic carbocycles. The van der Waals surface area contributed by atoms with Gasteiger partial charge in [0.25, 0.3) is 5.56 Å². The number of para-hydroxylation sites is 1. The standard InChI is InChI=1S/C18H17N5O2/c1-22(2)10-11-25-21-15-12-6-3-4-8-14(12)23-17(15)20-16-13(18(23)24)7-5-9-19-16/h3-9H,10-11H2,1-2H3. The number of pyridine rings is 1. The normalized spacial score (nSPS) is 14.1. The van der Waals surface area contributed by atoms with Gasteiger partial charge in [-0.25, -0.2) is 9.97 Å². The lowest BCUT2D eigenvalue weighted by Crippen LogP contribution is -2.22. The lowest BCUT2D eigenvalue weighted by Gasteiger charge is -2.08. The molecule has 0 fully saturated rings. The Morgan fingerprint density at radius 3 is 2.88 bits per heavy atom. The smallest absolute Gasteiger partial charge is 0.267 e. The average molecular weight is 335 g/mol. The van der Waals surface area contributed by atoms with E-state index in [2.05, 4.69) is 15.1 Å². The molecule has 4 rings (SSSR count). The van der Waals surface area contributed by atoms with E-state index in [9.17, 15) is 4.79 Å². The van der Waals surface area contributed by atoms with Crippen LogP contribution >= 0.6 is 0 Å². The number of nitrogens with zero attached hydrogens (tertiary/aromatic N) is 5. The first-order valence-electron chi connectivity index (χ1n) is 7.99. The number of hydrogen-bond donors (Lipinski definition) is 0. The molecule has 7 heteroatoms. The maximum atomic E-state index is 12.9. The Labute approximate surface area is 144 Å². The van der Waals surface area contributed by atoms with Crippen LogP contribution in [0.25, 0.3) is 16.7 Å². The van der Waals surface area contributed by atoms with E-state index in [1.54, 1.807) is 22.9 Å². The Hall–Kier alpha value is -3.06. The van der Waals surface area contributed by atoms with Gasteiger partial charge in [0.1, 0.15) is 6.61 Å². The molecule has 0 spiro atoms. The van der Waals surface area contributed by atoms with Gasteiger partial charge in [-0.05, 0) is 32.3 Å². The molecule has 2 aromatic heterocycles. The summed E-state index contributed by atoms with van der Waals surface area (Å²) in [5.41, 5.74) is 2.40. The third-order valence-corrected chi connectivity index (χ3v) is 4.04. The second kappa shape index (κ2) is 6.10. The van der Waals surface area contributed by atoms with Gasteiger partial charge in [-0.3, -0.25) is 9.36 Å². The maximum absolute atomic E-state index is 12.9. The molecule has 1 aliphatic heterocycles. The quantitative estimate of drug-likeness (QED) is 0.417. The van der Waals surface area contributed by atoms with Crippen LogP contribution in [0.2, 0.25) is 0 Å². The summed E-state index contributed by atoms with van der Waals surface area (Å²) in [4.78, 5) is 29.2. The summed E-state index contributed by atoms with van der Waals surface area (Å²) in [5, 5.41) is 4.75. The van der Waals surface area contributed by atoms with Crippen molar-refractivity contribution in [3.8, 4) is 5.69 Å². The van der Waals surface area contributed by atoms with Gasteiger partial charge in [0, 0.05) is 18.3 Å². The van der Waals surface area contributed by atoms with Gasteiger partial charge >= 0.3 is 0 Å². The molecule has 3 heterocycles. The topological polar surface area (TPSA) is 72.6 Å². The maximum Gasteiger partial charge on any atom is 0.267 e. The summed E-state index contributed by atoms with van der Waals surface area (Å²) in [5.74, 6) is 0.460. The first kappa shape index (κ1) is 15.5. The molecule has 0 bridgehead atoms. The van der Waals surface area contributed by atoms with Gasteiger partial charge in [-0.2, -0.15) is 0 Å². The number of likely N-dealkylation sites (N-methyl/N-ethyl adjacent to an activating group) is 1. The highest BCUT2D eigenvalue weighted by atomic mass is 16.6. The van der Waals surface area contributed by atoms with Gasteiger partial charge in [-0.15, -0.1) is 0 Å². The second-order valence-corrected chi connectivity index (χ2v) is 6.04. The number of benzene rings is 1. The van der Waals surface area contributed by atoms with Crippen LogP contribution < -0.4 is 5.56 Å². The van der Waals surface area contributed by atoms with Crippen LogP contribution in [0.15, 0.2) is 52.5 Å². The third-order valence-electron chi connectivity index (χ3n) is 4.04. The Balaban J connectivity index is 1.88. The van der Waals surface area contributed by atoms with Crippen molar-refractivity contribution < 1.29 is 4.84 Å². The van der Waals surface area contributed by atoms with Crippen molar-refractivity contribution in [3.05, 3.63) is 64.3 Å². The van der Waals surface area contributed by atoms with Crippen LogP contribution in [-0.2, 0) is 4.84 Å². The summed E-state index contributed by atoms with van der Waals surface area (Å²) in [7, 11) is 3.94. The van der Waals surface area contributed by atoms with Crippen molar-refractivity contribution >= 4 is 16.7 Å². The van der Waals surface area contributed by atoms with Crippen molar-refractivity contribution in [2.75, 3.05) is 27.2 Å². The SMILES string of the molecule is CN(C)CCON=C1c2ccccc2-n2c1nc1ncccc1c2=O. The minimum Gasteiger partial charge on any atom is -0.394 e. The molecule has 0 radical (unpaired) electrons. The van der Waals surface area contributed by atoms with E-state index in [1.807, 2.05) is 43.3 Å². The van der Waals surface area contributed by atoms with Gasteiger partial charge < -0.3 is 9.74 Å². The molecular weight excluding hydrogens is 318 g/mol. The van der Waals surface area contributed by atoms with E-state index in [-0.39, 0.29) is 5.56 Å². The van der Waals surface area contributed by atoms with Gasteiger partial charge in [-0.1, -0.05) is 23.4 Å². The Morgan fingerprint density at radius 1 is 1.20 bits per heavy atom. The number of aromatic nitrogens is 3. The minimum absolute atomic E-state index is 0.154. The molecule has 0 saturated carbocycles. The summed E-state index contributed by atoms with van der Waals surface area (Å²) >= 11 is 0. The first-order valence-corrected chi connectivity index (χ1v) is 7.99. The molecule has 0 saturated heterocycles. The highest BCUT2D eigenvalue weighted by Crippen LogP contribution is 2.26. The first-order chi connectivity index (χ1) is 12.2. The van der Waals surface area contributed by atoms with Gasteiger partial charge in [0.05, 0.1) is 11.1 Å². The van der Waals surface area contributed by atoms with Crippen LogP contribution in [0.5, 0.6) is 0 Å². The zero-order chi connectivity index (χ0) is 17.4. The highest BCUT2D eigenvalue weighted by molar-refractivity contribution is 6.16. The van der Waals surface area contributed by atoms with Gasteiger partial charge in [0.15, 0.2) is 17.2 Å². The fourth-order valence-electron chi connectivity index (χ4n) is 2.82. The highest BCUT2D eigenvalue weighted by Gasteiger charge is 2.29. The van der Waals surface area contributed by atoms with Crippen LogP contribution in [-0.4, -0.2) is 52.4 Å². The van der Waals surface area contributed by atoms with E-state index in [0.29, 0.717) is 29.2 Å². The molecule has 0 atom stereocenters. The molecule has 0 N–H and O–H groups in total. The predicted octanol–water partition coefficient (Wildman–Crippen LogP) is 1.42. The summed E-state index contributed by atoms with van der Waals surface area (Å²) < 4.78 is 1.58. The largest absolute Gasteiger partial charge is 0.394 e. The number of rotatable bonds is 4. The molecular formula is C18H17N5O2. The van der Waals surface area contributed by atoms with E-state index >= 15 is 0 Å². The molecule has 3 aromatic rings. The van der Waals surface area contributed by atoms with Crippen molar-refractivity contribution in [1.82, 2.24) is 19.4 Å². The van der Waals surface area contributed by atoms with Crippen molar-refractivity contribution in [2.24, 2.45) is 5.16 Å². The molecule has 1 aliphatic rings. The van der Waals surface area contributed by atoms with Crippen LogP contribution in [0.4, 0.5) is 0 Å². The Bertz CT molecular complexity index is 1040. The van der Waals surface area contributed by atoms with Crippen LogP contribution in [0, 0.1) is 0 Å². The third kappa shape index (κ3) is 2.58. The Kier molecular flexibility index (Phi) is 3.77. The van der Waals surface area contributed by atoms with Crippen molar-refractivity contribution in [3.63, 3.8) is 0 Å². The predicted molar refractivity (Wildman–Crippen MR) is 95.3 cm³/mol. The zero-order valence-corrected chi connectivity index (χ0v) is 14.0. The second-order valence-electron chi connectivity index (χ2n) is 6.04. The van der Waals surface area contributed by atoms with Crippen molar-refractivity contribution in [1.29, 1.82) is 0 Å². The fourth-order valence-corrected chi connectivity index (χ4v) is 2.82. The van der Waals surface area contributed by atoms with E-state index in [4.69, 9.17) is 4.84 Å². The molecule has 0 unspecified atom stereocenters. The summed E-state index contributed by atoms with van der Waals surface area (Å²) in [6.07, 6.45) is 1.62. The fraction of sp³-hybridized carbons (Fsp3) is 0.222. The minimum atomic E-state index is -0.154. The Morgan fingerprint density at radius 2 is 2.04 bits per heavy atom. The van der Waals surface area contributed by atoms with Gasteiger partial charge in [0.2, 0.25) is 0 Å². The van der Waals surface area contributed by atoms with E-state index < -0.39 is 0 Å². The van der Waals surface area contributed by atoms with E-state index in [0.717, 1.165) is 17.8 Å². The summed E-state index contributed by atoms with van der Waals surface area (Å²) in [6.45, 7) is 1.20. The monoisotopic (exact) mass is 335 g/mol. The molecule has 25 heavy (non-hydrogen) atoms. The number of hydrogen-bond acceptors (Lipinski definition) is 6. The lowest BCUT2D eigenvalue weighted by atomic mass is 10.1. The number of fused-ring (bicyclic) bond motifs is 4. The lowest BCUT2D eigenvalue weighted by molar-refractivity contribution is 0.126. The van der Waals surface area contributed by atoms with Crippen LogP contribution in [0.1, 0.15) is 11.4 Å². The zero-order valence-electron chi connectivity index (χ0n) is 14.0. The molecule has 126 valence electrons. The van der Waals surface area contributed by atoms with Crippen LogP contribution in [0.3, 0.4) is 0 Å². The molecule has 0 aliphatic carbocycles. The average Bonchev–Trinajstić information content (AvgIpc) is 2.93. The number of oxime groups is 1. The summed E-state index contributed by atoms with van der Waals surface area (Å²) in [6, 6.07) is 11.1.